The summed E-state index contributed by atoms with van der Waals surface area (Å²) < 4.78 is 0. The molecule has 1 amide bonds. The summed E-state index contributed by atoms with van der Waals surface area (Å²) in [5, 5.41) is 9.45. The second-order valence-corrected chi connectivity index (χ2v) is 9.12. The van der Waals surface area contributed by atoms with Gasteiger partial charge >= 0.3 is 5.97 Å². The normalized spacial score (nSPS) is 17.8. The van der Waals surface area contributed by atoms with Crippen molar-refractivity contribution in [2.24, 2.45) is 5.92 Å². The first-order valence-corrected chi connectivity index (χ1v) is 12.6. The lowest BCUT2D eigenvalue weighted by Crippen LogP contribution is -2.41. The molecule has 0 aromatic heterocycles. The summed E-state index contributed by atoms with van der Waals surface area (Å²) in [5.74, 6) is -0.326. The first-order chi connectivity index (χ1) is 14.1. The molecule has 4 nitrogen and oxygen atoms in total. The number of carbonyl (C=O) groups is 2. The molecule has 1 rings (SSSR count). The molecule has 0 bridgehead atoms. The molecule has 170 valence electrons. The first-order valence-electron chi connectivity index (χ1n) is 12.6. The Labute approximate surface area is 179 Å². The molecular formula is C25H47NO3. The summed E-state index contributed by atoms with van der Waals surface area (Å²) in [4.78, 5) is 25.4. The molecule has 4 heteroatoms. The van der Waals surface area contributed by atoms with Gasteiger partial charge in [-0.05, 0) is 25.2 Å². The predicted molar refractivity (Wildman–Crippen MR) is 121 cm³/mol. The minimum atomic E-state index is -0.832. The van der Waals surface area contributed by atoms with Crippen molar-refractivity contribution < 1.29 is 14.7 Å². The number of aliphatic carboxylic acids is 1. The molecule has 1 saturated heterocycles. The standard InChI is InChI=1S/C25H47NO3/c1-3-5-7-9-11-12-14-16-18-22(17-15-13-10-8-6-4-2)21-26-23(25(28)29)19-20-24(26)27/h22-23H,3-21H2,1-2H3,(H,28,29). The first kappa shape index (κ1) is 26.0. The fourth-order valence-electron chi connectivity index (χ4n) is 4.60. The lowest BCUT2D eigenvalue weighted by molar-refractivity contribution is -0.146. The molecule has 29 heavy (non-hydrogen) atoms. The highest BCUT2D eigenvalue weighted by atomic mass is 16.4. The van der Waals surface area contributed by atoms with E-state index in [1.165, 1.54) is 89.9 Å². The summed E-state index contributed by atoms with van der Waals surface area (Å²) in [6, 6.07) is -0.590. The summed E-state index contributed by atoms with van der Waals surface area (Å²) >= 11 is 0. The molecular weight excluding hydrogens is 362 g/mol. The van der Waals surface area contributed by atoms with Gasteiger partial charge in [0.15, 0.2) is 0 Å². The van der Waals surface area contributed by atoms with E-state index in [2.05, 4.69) is 13.8 Å². The van der Waals surface area contributed by atoms with Crippen molar-refractivity contribution in [2.75, 3.05) is 6.54 Å². The Morgan fingerprint density at radius 2 is 1.31 bits per heavy atom. The number of hydrogen-bond acceptors (Lipinski definition) is 2. The second-order valence-electron chi connectivity index (χ2n) is 9.12. The average molecular weight is 410 g/mol. The number of rotatable bonds is 19. The van der Waals surface area contributed by atoms with Crippen molar-refractivity contribution in [3.05, 3.63) is 0 Å². The van der Waals surface area contributed by atoms with E-state index in [1.807, 2.05) is 0 Å². The molecule has 0 radical (unpaired) electrons. The van der Waals surface area contributed by atoms with Gasteiger partial charge in [0.05, 0.1) is 0 Å². The fourth-order valence-corrected chi connectivity index (χ4v) is 4.60. The van der Waals surface area contributed by atoms with Crippen LogP contribution >= 0.6 is 0 Å². The maximum absolute atomic E-state index is 12.2. The third-order valence-electron chi connectivity index (χ3n) is 6.50. The van der Waals surface area contributed by atoms with Crippen LogP contribution in [0.3, 0.4) is 0 Å². The van der Waals surface area contributed by atoms with E-state index in [9.17, 15) is 14.7 Å². The van der Waals surface area contributed by atoms with Gasteiger partial charge in [-0.25, -0.2) is 4.79 Å². The van der Waals surface area contributed by atoms with Crippen molar-refractivity contribution in [1.82, 2.24) is 4.90 Å². The van der Waals surface area contributed by atoms with E-state index in [1.54, 1.807) is 4.90 Å². The molecule has 2 atom stereocenters. The summed E-state index contributed by atoms with van der Waals surface area (Å²) in [6.45, 7) is 5.15. The number of carbonyl (C=O) groups excluding carboxylic acids is 1. The van der Waals surface area contributed by atoms with Crippen LogP contribution in [-0.2, 0) is 9.59 Å². The Hall–Kier alpha value is -1.06. The second kappa shape index (κ2) is 16.7. The number of nitrogens with zero attached hydrogens (tertiary/aromatic N) is 1. The minimum Gasteiger partial charge on any atom is -0.480 e. The number of amides is 1. The molecule has 1 fully saturated rings. The van der Waals surface area contributed by atoms with Gasteiger partial charge in [0.2, 0.25) is 5.91 Å². The summed E-state index contributed by atoms with van der Waals surface area (Å²) in [7, 11) is 0. The predicted octanol–water partition coefficient (Wildman–Crippen LogP) is 6.96. The molecule has 0 aromatic carbocycles. The monoisotopic (exact) mass is 409 g/mol. The number of hydrogen-bond donors (Lipinski definition) is 1. The zero-order valence-electron chi connectivity index (χ0n) is 19.3. The maximum atomic E-state index is 12.2. The van der Waals surface area contributed by atoms with Gasteiger partial charge in [-0.3, -0.25) is 4.79 Å². The Kier molecular flexibility index (Phi) is 15.0. The van der Waals surface area contributed by atoms with E-state index < -0.39 is 12.0 Å². The average Bonchev–Trinajstić information content (AvgIpc) is 3.06. The fraction of sp³-hybridized carbons (Fsp3) is 0.920. The van der Waals surface area contributed by atoms with Crippen LogP contribution in [0.5, 0.6) is 0 Å². The highest BCUT2D eigenvalue weighted by Gasteiger charge is 2.36. The summed E-state index contributed by atoms with van der Waals surface area (Å²) in [6.07, 6.45) is 21.4. The number of likely N-dealkylation sites (tertiary alicyclic amines) is 1. The van der Waals surface area contributed by atoms with Crippen LogP contribution in [0.25, 0.3) is 0 Å². The van der Waals surface area contributed by atoms with Crippen molar-refractivity contribution in [3.8, 4) is 0 Å². The van der Waals surface area contributed by atoms with Gasteiger partial charge in [-0.1, -0.05) is 104 Å². The Bertz CT molecular complexity index is 438. The van der Waals surface area contributed by atoms with Gasteiger partial charge in [0.1, 0.15) is 6.04 Å². The van der Waals surface area contributed by atoms with Crippen LogP contribution in [0.4, 0.5) is 0 Å². The SMILES string of the molecule is CCCCCCCCCCC(CCCCCCCC)CN1C(=O)CCC1C(=O)O. The van der Waals surface area contributed by atoms with Crippen LogP contribution in [0.1, 0.15) is 129 Å². The summed E-state index contributed by atoms with van der Waals surface area (Å²) in [5.41, 5.74) is 0. The van der Waals surface area contributed by atoms with Gasteiger partial charge in [0.25, 0.3) is 0 Å². The molecule has 1 aliphatic rings. The molecule has 1 N–H and O–H groups in total. The van der Waals surface area contributed by atoms with Crippen LogP contribution in [0.2, 0.25) is 0 Å². The van der Waals surface area contributed by atoms with Crippen LogP contribution < -0.4 is 0 Å². The van der Waals surface area contributed by atoms with E-state index in [4.69, 9.17) is 0 Å². The van der Waals surface area contributed by atoms with Crippen molar-refractivity contribution >= 4 is 11.9 Å². The third kappa shape index (κ3) is 11.6. The largest absolute Gasteiger partial charge is 0.480 e. The minimum absolute atomic E-state index is 0.0428. The van der Waals surface area contributed by atoms with E-state index in [0.717, 1.165) is 12.8 Å². The van der Waals surface area contributed by atoms with E-state index in [-0.39, 0.29) is 5.91 Å². The smallest absolute Gasteiger partial charge is 0.326 e. The van der Waals surface area contributed by atoms with Crippen molar-refractivity contribution in [3.63, 3.8) is 0 Å². The molecule has 1 aliphatic heterocycles. The number of carboxylic acids is 1. The van der Waals surface area contributed by atoms with Gasteiger partial charge in [-0.15, -0.1) is 0 Å². The molecule has 1 heterocycles. The van der Waals surface area contributed by atoms with Crippen molar-refractivity contribution in [1.29, 1.82) is 0 Å². The molecule has 0 aliphatic carbocycles. The van der Waals surface area contributed by atoms with Gasteiger partial charge < -0.3 is 10.0 Å². The quantitative estimate of drug-likeness (QED) is 0.235. The molecule has 0 saturated carbocycles. The van der Waals surface area contributed by atoms with E-state index >= 15 is 0 Å². The lowest BCUT2D eigenvalue weighted by atomic mass is 9.93. The Morgan fingerprint density at radius 1 is 0.862 bits per heavy atom. The topological polar surface area (TPSA) is 57.6 Å². The zero-order chi connectivity index (χ0) is 21.3. The van der Waals surface area contributed by atoms with Crippen LogP contribution in [0, 0.1) is 5.92 Å². The maximum Gasteiger partial charge on any atom is 0.326 e. The third-order valence-corrected chi connectivity index (χ3v) is 6.50. The molecule has 0 spiro atoms. The zero-order valence-corrected chi connectivity index (χ0v) is 19.3. The Morgan fingerprint density at radius 3 is 1.76 bits per heavy atom. The van der Waals surface area contributed by atoms with E-state index in [0.29, 0.717) is 25.3 Å². The molecule has 2 unspecified atom stereocenters. The van der Waals surface area contributed by atoms with Crippen LogP contribution in [0.15, 0.2) is 0 Å². The molecule has 0 aromatic rings. The Balaban J connectivity index is 2.38. The highest BCUT2D eigenvalue weighted by molar-refractivity contribution is 5.87. The van der Waals surface area contributed by atoms with Crippen LogP contribution in [-0.4, -0.2) is 34.5 Å². The van der Waals surface area contributed by atoms with Crippen molar-refractivity contribution in [2.45, 2.75) is 135 Å². The lowest BCUT2D eigenvalue weighted by Gasteiger charge is -2.27. The number of unbranched alkanes of at least 4 members (excludes halogenated alkanes) is 12. The van der Waals surface area contributed by atoms with Gasteiger partial charge in [-0.2, -0.15) is 0 Å². The highest BCUT2D eigenvalue weighted by Crippen LogP contribution is 2.26. The van der Waals surface area contributed by atoms with Gasteiger partial charge in [0, 0.05) is 13.0 Å². The number of carboxylic acid groups (broad SMARTS) is 1.